The minimum absolute atomic E-state index is 0.0249. The van der Waals surface area contributed by atoms with E-state index in [1.54, 1.807) is 0 Å². The van der Waals surface area contributed by atoms with Crippen LogP contribution in [0.15, 0.2) is 24.3 Å². The van der Waals surface area contributed by atoms with E-state index in [9.17, 15) is 9.59 Å². The summed E-state index contributed by atoms with van der Waals surface area (Å²) in [5, 5.41) is 2.86. The van der Waals surface area contributed by atoms with Crippen molar-refractivity contribution in [2.45, 2.75) is 45.2 Å². The third-order valence-corrected chi connectivity index (χ3v) is 3.78. The Labute approximate surface area is 125 Å². The van der Waals surface area contributed by atoms with Crippen LogP contribution in [0.2, 0.25) is 0 Å². The lowest BCUT2D eigenvalue weighted by Crippen LogP contribution is -2.30. The molecule has 0 saturated carbocycles. The number of anilines is 1. The number of nitrogens with zero attached hydrogens (tertiary/aromatic N) is 1. The molecule has 21 heavy (non-hydrogen) atoms. The summed E-state index contributed by atoms with van der Waals surface area (Å²) in [5.74, 6) is 0.160. The minimum atomic E-state index is -0.0754. The summed E-state index contributed by atoms with van der Waals surface area (Å²) >= 11 is 0. The number of nitrogens with two attached hydrogens (primary N) is 1. The maximum atomic E-state index is 11.7. The molecule has 1 fully saturated rings. The molecule has 5 nitrogen and oxygen atoms in total. The Bertz CT molecular complexity index is 499. The quantitative estimate of drug-likeness (QED) is 0.834. The zero-order valence-corrected chi connectivity index (χ0v) is 12.5. The first-order valence-electron chi connectivity index (χ1n) is 7.51. The smallest absolute Gasteiger partial charge is 0.227 e. The molecule has 114 valence electrons. The van der Waals surface area contributed by atoms with Crippen molar-refractivity contribution in [3.63, 3.8) is 0 Å². The number of carbonyl (C=O) groups is 2. The predicted molar refractivity (Wildman–Crippen MR) is 82.8 cm³/mol. The largest absolute Gasteiger partial charge is 0.352 e. The fourth-order valence-corrected chi connectivity index (χ4v) is 2.37. The molecule has 0 spiro atoms. The van der Waals surface area contributed by atoms with Crippen LogP contribution in [0, 0.1) is 0 Å². The zero-order chi connectivity index (χ0) is 15.2. The van der Waals surface area contributed by atoms with Crippen LogP contribution in [0.1, 0.15) is 38.2 Å². The van der Waals surface area contributed by atoms with Crippen LogP contribution >= 0.6 is 0 Å². The number of nitrogens with one attached hydrogen (secondary N) is 1. The van der Waals surface area contributed by atoms with E-state index in [4.69, 9.17) is 5.73 Å². The maximum Gasteiger partial charge on any atom is 0.227 e. The van der Waals surface area contributed by atoms with E-state index in [1.807, 2.05) is 36.1 Å². The summed E-state index contributed by atoms with van der Waals surface area (Å²) in [7, 11) is 0. The highest BCUT2D eigenvalue weighted by atomic mass is 16.2. The molecule has 0 aromatic heterocycles. The molecule has 1 aliphatic rings. The summed E-state index contributed by atoms with van der Waals surface area (Å²) in [4.78, 5) is 25.1. The first-order chi connectivity index (χ1) is 10.1. The van der Waals surface area contributed by atoms with Gasteiger partial charge in [0.05, 0.1) is 0 Å². The minimum Gasteiger partial charge on any atom is -0.352 e. The summed E-state index contributed by atoms with van der Waals surface area (Å²) in [6.07, 6.45) is 2.71. The van der Waals surface area contributed by atoms with Crippen molar-refractivity contribution < 1.29 is 9.59 Å². The average Bonchev–Trinajstić information content (AvgIpc) is 2.91. The Kier molecular flexibility index (Phi) is 5.33. The molecule has 1 aliphatic heterocycles. The molecule has 5 heteroatoms. The Morgan fingerprint density at radius 1 is 1.38 bits per heavy atom. The molecule has 0 radical (unpaired) electrons. The second kappa shape index (κ2) is 7.22. The zero-order valence-electron chi connectivity index (χ0n) is 12.5. The summed E-state index contributed by atoms with van der Waals surface area (Å²) in [6.45, 7) is 3.25. The van der Waals surface area contributed by atoms with Gasteiger partial charge in [0, 0.05) is 37.7 Å². The van der Waals surface area contributed by atoms with Gasteiger partial charge in [-0.3, -0.25) is 9.59 Å². The molecule has 1 atom stereocenters. The van der Waals surface area contributed by atoms with Gasteiger partial charge in [0.1, 0.15) is 0 Å². The highest BCUT2D eigenvalue weighted by Crippen LogP contribution is 2.21. The Morgan fingerprint density at radius 3 is 2.67 bits per heavy atom. The van der Waals surface area contributed by atoms with Gasteiger partial charge in [0.15, 0.2) is 0 Å². The lowest BCUT2D eigenvalue weighted by Gasteiger charge is -2.16. The van der Waals surface area contributed by atoms with E-state index >= 15 is 0 Å². The lowest BCUT2D eigenvalue weighted by molar-refractivity contribution is -0.121. The van der Waals surface area contributed by atoms with Gasteiger partial charge >= 0.3 is 0 Å². The molecule has 1 saturated heterocycles. The molecule has 2 rings (SSSR count). The van der Waals surface area contributed by atoms with Gasteiger partial charge in [-0.25, -0.2) is 0 Å². The molecular formula is C16H23N3O2. The van der Waals surface area contributed by atoms with Gasteiger partial charge in [0.2, 0.25) is 11.8 Å². The second-order valence-corrected chi connectivity index (χ2v) is 5.46. The Hall–Kier alpha value is -1.88. The number of carbonyl (C=O) groups excluding carboxylic acids is 2. The number of rotatable bonds is 6. The molecule has 0 aliphatic carbocycles. The topological polar surface area (TPSA) is 75.4 Å². The molecule has 0 bridgehead atoms. The highest BCUT2D eigenvalue weighted by molar-refractivity contribution is 5.95. The number of hydrogen-bond donors (Lipinski definition) is 2. The van der Waals surface area contributed by atoms with Crippen LogP contribution < -0.4 is 16.0 Å². The average molecular weight is 289 g/mol. The van der Waals surface area contributed by atoms with Gasteiger partial charge in [0.25, 0.3) is 0 Å². The molecule has 3 N–H and O–H groups in total. The van der Waals surface area contributed by atoms with Gasteiger partial charge in [-0.1, -0.05) is 19.1 Å². The summed E-state index contributed by atoms with van der Waals surface area (Å²) in [5.41, 5.74) is 7.70. The van der Waals surface area contributed by atoms with Gasteiger partial charge in [-0.15, -0.1) is 0 Å². The number of hydrogen-bond acceptors (Lipinski definition) is 3. The monoisotopic (exact) mass is 289 g/mol. The normalized spacial score (nSPS) is 16.1. The van der Waals surface area contributed by atoms with Crippen molar-refractivity contribution in [1.82, 2.24) is 5.32 Å². The SMILES string of the molecule is CCC(N)CC(=O)NCc1ccc(N2CCCC2=O)cc1. The van der Waals surface area contributed by atoms with Crippen molar-refractivity contribution >= 4 is 17.5 Å². The van der Waals surface area contributed by atoms with E-state index in [0.29, 0.717) is 19.4 Å². The third kappa shape index (κ3) is 4.29. The van der Waals surface area contributed by atoms with Crippen LogP contribution in [-0.4, -0.2) is 24.4 Å². The third-order valence-electron chi connectivity index (χ3n) is 3.78. The molecule has 1 unspecified atom stereocenters. The van der Waals surface area contributed by atoms with E-state index in [2.05, 4.69) is 5.32 Å². The van der Waals surface area contributed by atoms with Gasteiger partial charge < -0.3 is 16.0 Å². The summed E-state index contributed by atoms with van der Waals surface area (Å²) in [6, 6.07) is 7.68. The molecule has 1 aromatic rings. The second-order valence-electron chi connectivity index (χ2n) is 5.46. The maximum absolute atomic E-state index is 11.7. The van der Waals surface area contributed by atoms with E-state index in [-0.39, 0.29) is 17.9 Å². The molecule has 1 aromatic carbocycles. The van der Waals surface area contributed by atoms with Crippen LogP contribution in [0.5, 0.6) is 0 Å². The molecular weight excluding hydrogens is 266 g/mol. The molecule has 1 heterocycles. The number of benzene rings is 1. The summed E-state index contributed by atoms with van der Waals surface area (Å²) < 4.78 is 0. The van der Waals surface area contributed by atoms with Crippen molar-refractivity contribution in [1.29, 1.82) is 0 Å². The van der Waals surface area contributed by atoms with Crippen molar-refractivity contribution in [3.8, 4) is 0 Å². The van der Waals surface area contributed by atoms with Crippen LogP contribution in [0.3, 0.4) is 0 Å². The fraction of sp³-hybridized carbons (Fsp3) is 0.500. The molecule has 2 amide bonds. The van der Waals surface area contributed by atoms with Crippen molar-refractivity contribution in [2.75, 3.05) is 11.4 Å². The first kappa shape index (κ1) is 15.5. The van der Waals surface area contributed by atoms with Crippen LogP contribution in [0.4, 0.5) is 5.69 Å². The van der Waals surface area contributed by atoms with Crippen LogP contribution in [-0.2, 0) is 16.1 Å². The van der Waals surface area contributed by atoms with E-state index in [1.165, 1.54) is 0 Å². The van der Waals surface area contributed by atoms with Crippen molar-refractivity contribution in [2.24, 2.45) is 5.73 Å². The Balaban J connectivity index is 1.85. The Morgan fingerprint density at radius 2 is 2.10 bits per heavy atom. The van der Waals surface area contributed by atoms with E-state index < -0.39 is 0 Å². The standard InChI is InChI=1S/C16H23N3O2/c1-2-13(17)10-15(20)18-11-12-5-7-14(8-6-12)19-9-3-4-16(19)21/h5-8,13H,2-4,9-11,17H2,1H3,(H,18,20). The fourth-order valence-electron chi connectivity index (χ4n) is 2.37. The van der Waals surface area contributed by atoms with Crippen molar-refractivity contribution in [3.05, 3.63) is 29.8 Å². The van der Waals surface area contributed by atoms with Crippen LogP contribution in [0.25, 0.3) is 0 Å². The predicted octanol–water partition coefficient (Wildman–Crippen LogP) is 1.56. The number of amides is 2. The van der Waals surface area contributed by atoms with Gasteiger partial charge in [-0.2, -0.15) is 0 Å². The first-order valence-corrected chi connectivity index (χ1v) is 7.51. The lowest BCUT2D eigenvalue weighted by atomic mass is 10.1. The highest BCUT2D eigenvalue weighted by Gasteiger charge is 2.21. The van der Waals surface area contributed by atoms with Gasteiger partial charge in [-0.05, 0) is 30.5 Å². The van der Waals surface area contributed by atoms with E-state index in [0.717, 1.165) is 30.6 Å².